The fourth-order valence-electron chi connectivity index (χ4n) is 3.89. The zero-order valence-corrected chi connectivity index (χ0v) is 15.0. The van der Waals surface area contributed by atoms with Crippen LogP contribution in [0.15, 0.2) is 24.3 Å². The fourth-order valence-corrected chi connectivity index (χ4v) is 3.89. The Morgan fingerprint density at radius 2 is 1.96 bits per heavy atom. The van der Waals surface area contributed by atoms with Gasteiger partial charge in [0.25, 0.3) is 5.91 Å². The van der Waals surface area contributed by atoms with Gasteiger partial charge in [-0.3, -0.25) is 14.5 Å². The van der Waals surface area contributed by atoms with Crippen molar-refractivity contribution in [2.75, 3.05) is 19.7 Å². The highest BCUT2D eigenvalue weighted by Gasteiger charge is 2.52. The first-order chi connectivity index (χ1) is 13.1. The van der Waals surface area contributed by atoms with Crippen LogP contribution in [0.5, 0.6) is 11.5 Å². The Morgan fingerprint density at radius 3 is 2.74 bits per heavy atom. The molecule has 4 rings (SSSR count). The molecule has 0 aromatic heterocycles. The van der Waals surface area contributed by atoms with Gasteiger partial charge in [-0.05, 0) is 25.0 Å². The molecule has 0 unspecified atom stereocenters. The number of para-hydroxylation sites is 2. The van der Waals surface area contributed by atoms with E-state index in [1.807, 2.05) is 24.3 Å². The van der Waals surface area contributed by atoms with E-state index in [9.17, 15) is 14.4 Å². The summed E-state index contributed by atoms with van der Waals surface area (Å²) >= 11 is 0. The Morgan fingerprint density at radius 1 is 1.22 bits per heavy atom. The highest BCUT2D eigenvalue weighted by molar-refractivity contribution is 6.07. The highest BCUT2D eigenvalue weighted by Crippen LogP contribution is 2.35. The number of carbonyl (C=O) groups is 3. The smallest absolute Gasteiger partial charge is 0.325 e. The standard InChI is InChI=1S/C19H23N3O5/c23-16(20-11-13-12-26-14-5-1-2-6-15(14)27-13)7-10-22-17(24)19(21-18(22)25)8-3-4-9-19/h1-2,5-6,13H,3-4,7-12H2,(H,20,23)(H,21,25)/t13-/m0/s1. The third kappa shape index (κ3) is 3.43. The van der Waals surface area contributed by atoms with Crippen LogP contribution in [-0.2, 0) is 9.59 Å². The number of amides is 4. The van der Waals surface area contributed by atoms with Gasteiger partial charge in [0, 0.05) is 13.0 Å². The van der Waals surface area contributed by atoms with Crippen molar-refractivity contribution in [2.45, 2.75) is 43.7 Å². The monoisotopic (exact) mass is 373 g/mol. The number of imide groups is 1. The van der Waals surface area contributed by atoms with Crippen LogP contribution in [0.2, 0.25) is 0 Å². The molecule has 3 aliphatic rings. The molecule has 1 saturated heterocycles. The Bertz CT molecular complexity index is 759. The summed E-state index contributed by atoms with van der Waals surface area (Å²) in [5, 5.41) is 5.60. The summed E-state index contributed by atoms with van der Waals surface area (Å²) in [6, 6.07) is 6.99. The second kappa shape index (κ2) is 7.09. The van der Waals surface area contributed by atoms with E-state index in [2.05, 4.69) is 10.6 Å². The third-order valence-corrected chi connectivity index (χ3v) is 5.36. The van der Waals surface area contributed by atoms with E-state index < -0.39 is 11.6 Å². The average molecular weight is 373 g/mol. The molecule has 27 heavy (non-hydrogen) atoms. The van der Waals surface area contributed by atoms with Gasteiger partial charge in [-0.2, -0.15) is 0 Å². The maximum Gasteiger partial charge on any atom is 0.325 e. The molecule has 2 N–H and O–H groups in total. The lowest BCUT2D eigenvalue weighted by atomic mass is 9.98. The van der Waals surface area contributed by atoms with Gasteiger partial charge in [0.05, 0.1) is 6.54 Å². The summed E-state index contributed by atoms with van der Waals surface area (Å²) in [6.07, 6.45) is 3.03. The lowest BCUT2D eigenvalue weighted by Crippen LogP contribution is -2.44. The fraction of sp³-hybridized carbons (Fsp3) is 0.526. The predicted octanol–water partition coefficient (Wildman–Crippen LogP) is 1.20. The summed E-state index contributed by atoms with van der Waals surface area (Å²) in [6.45, 7) is 0.743. The zero-order valence-electron chi connectivity index (χ0n) is 15.0. The van der Waals surface area contributed by atoms with Crippen molar-refractivity contribution in [1.82, 2.24) is 15.5 Å². The van der Waals surface area contributed by atoms with Gasteiger partial charge >= 0.3 is 6.03 Å². The SMILES string of the molecule is O=C(CCN1C(=O)NC2(CCCC2)C1=O)NC[C@H]1COc2ccccc2O1. The van der Waals surface area contributed by atoms with Crippen LogP contribution >= 0.6 is 0 Å². The molecule has 4 amide bonds. The first kappa shape index (κ1) is 17.6. The topological polar surface area (TPSA) is 97.0 Å². The Kier molecular flexibility index (Phi) is 4.63. The first-order valence-corrected chi connectivity index (χ1v) is 9.37. The molecular weight excluding hydrogens is 350 g/mol. The molecular formula is C19H23N3O5. The summed E-state index contributed by atoms with van der Waals surface area (Å²) < 4.78 is 11.4. The van der Waals surface area contributed by atoms with Gasteiger partial charge in [-0.15, -0.1) is 0 Å². The number of nitrogens with zero attached hydrogens (tertiary/aromatic N) is 1. The summed E-state index contributed by atoms with van der Waals surface area (Å²) in [7, 11) is 0. The Labute approximate surface area is 157 Å². The van der Waals surface area contributed by atoms with Crippen LogP contribution in [0.25, 0.3) is 0 Å². The molecule has 2 heterocycles. The molecule has 1 aromatic carbocycles. The van der Waals surface area contributed by atoms with Crippen molar-refractivity contribution in [3.63, 3.8) is 0 Å². The van der Waals surface area contributed by atoms with Crippen molar-refractivity contribution in [2.24, 2.45) is 0 Å². The van der Waals surface area contributed by atoms with Gasteiger partial charge in [0.1, 0.15) is 18.2 Å². The van der Waals surface area contributed by atoms with E-state index in [0.29, 0.717) is 37.5 Å². The molecule has 1 saturated carbocycles. The number of hydrogen-bond donors (Lipinski definition) is 2. The van der Waals surface area contributed by atoms with Crippen molar-refractivity contribution in [3.8, 4) is 11.5 Å². The summed E-state index contributed by atoms with van der Waals surface area (Å²) in [5.41, 5.74) is -0.728. The molecule has 8 nitrogen and oxygen atoms in total. The largest absolute Gasteiger partial charge is 0.486 e. The Balaban J connectivity index is 1.24. The van der Waals surface area contributed by atoms with E-state index in [1.54, 1.807) is 0 Å². The number of rotatable bonds is 5. The molecule has 2 aliphatic heterocycles. The number of benzene rings is 1. The van der Waals surface area contributed by atoms with Crippen molar-refractivity contribution in [3.05, 3.63) is 24.3 Å². The lowest BCUT2D eigenvalue weighted by molar-refractivity contribution is -0.131. The van der Waals surface area contributed by atoms with Crippen molar-refractivity contribution < 1.29 is 23.9 Å². The lowest BCUT2D eigenvalue weighted by Gasteiger charge is -2.26. The zero-order chi connectivity index (χ0) is 18.9. The number of urea groups is 1. The van der Waals surface area contributed by atoms with Gasteiger partial charge in [0.2, 0.25) is 5.91 Å². The van der Waals surface area contributed by atoms with Crippen molar-refractivity contribution >= 4 is 17.8 Å². The molecule has 8 heteroatoms. The van der Waals surface area contributed by atoms with E-state index in [1.165, 1.54) is 4.90 Å². The minimum absolute atomic E-state index is 0.0689. The number of fused-ring (bicyclic) bond motifs is 1. The van der Waals surface area contributed by atoms with Crippen LogP contribution in [0, 0.1) is 0 Å². The molecule has 1 aliphatic carbocycles. The molecule has 0 radical (unpaired) electrons. The van der Waals surface area contributed by atoms with Crippen molar-refractivity contribution in [1.29, 1.82) is 0 Å². The Hall–Kier alpha value is -2.77. The second-order valence-corrected chi connectivity index (χ2v) is 7.23. The minimum Gasteiger partial charge on any atom is -0.486 e. The number of hydrogen-bond acceptors (Lipinski definition) is 5. The normalized spacial score (nSPS) is 22.8. The maximum atomic E-state index is 12.5. The van der Waals surface area contributed by atoms with Crippen LogP contribution in [0.4, 0.5) is 4.79 Å². The van der Waals surface area contributed by atoms with Gasteiger partial charge in [-0.25, -0.2) is 4.79 Å². The van der Waals surface area contributed by atoms with Crippen LogP contribution in [-0.4, -0.2) is 54.1 Å². The third-order valence-electron chi connectivity index (χ3n) is 5.36. The van der Waals surface area contributed by atoms with E-state index in [-0.39, 0.29) is 30.9 Å². The molecule has 0 bridgehead atoms. The summed E-state index contributed by atoms with van der Waals surface area (Å²) in [4.78, 5) is 38.0. The second-order valence-electron chi connectivity index (χ2n) is 7.23. The summed E-state index contributed by atoms with van der Waals surface area (Å²) in [5.74, 6) is 0.924. The molecule has 2 fully saturated rings. The van der Waals surface area contributed by atoms with E-state index in [0.717, 1.165) is 12.8 Å². The van der Waals surface area contributed by atoms with E-state index >= 15 is 0 Å². The van der Waals surface area contributed by atoms with Crippen LogP contribution in [0.1, 0.15) is 32.1 Å². The van der Waals surface area contributed by atoms with Gasteiger partial charge in [-0.1, -0.05) is 25.0 Å². The quantitative estimate of drug-likeness (QED) is 0.756. The maximum absolute atomic E-state index is 12.5. The molecule has 144 valence electrons. The van der Waals surface area contributed by atoms with E-state index in [4.69, 9.17) is 9.47 Å². The van der Waals surface area contributed by atoms with Gasteiger partial charge < -0.3 is 20.1 Å². The predicted molar refractivity (Wildman–Crippen MR) is 95.4 cm³/mol. The highest BCUT2D eigenvalue weighted by atomic mass is 16.6. The first-order valence-electron chi connectivity index (χ1n) is 9.37. The molecule has 1 spiro atoms. The van der Waals surface area contributed by atoms with Crippen LogP contribution in [0.3, 0.4) is 0 Å². The number of carbonyl (C=O) groups excluding carboxylic acids is 3. The van der Waals surface area contributed by atoms with Gasteiger partial charge in [0.15, 0.2) is 11.5 Å². The van der Waals surface area contributed by atoms with Crippen LogP contribution < -0.4 is 20.1 Å². The average Bonchev–Trinajstić information content (AvgIpc) is 3.24. The number of ether oxygens (including phenoxy) is 2. The minimum atomic E-state index is -0.728. The molecule has 1 atom stereocenters. The molecule has 1 aromatic rings. The number of nitrogens with one attached hydrogen (secondary N) is 2.